The van der Waals surface area contributed by atoms with Crippen LogP contribution in [0.15, 0.2) is 24.3 Å². The van der Waals surface area contributed by atoms with E-state index in [9.17, 15) is 9.90 Å². The first-order valence-electron chi connectivity index (χ1n) is 8.94. The molecule has 5 nitrogen and oxygen atoms in total. The Labute approximate surface area is 151 Å². The lowest BCUT2D eigenvalue weighted by Gasteiger charge is -2.34. The van der Waals surface area contributed by atoms with Gasteiger partial charge < -0.3 is 14.9 Å². The van der Waals surface area contributed by atoms with E-state index in [0.717, 1.165) is 37.3 Å². The lowest BCUT2D eigenvalue weighted by Crippen LogP contribution is -2.48. The zero-order valence-electron chi connectivity index (χ0n) is 15.9. The lowest BCUT2D eigenvalue weighted by molar-refractivity contribution is -0.126. The molecule has 1 N–H and O–H groups in total. The number of aryl methyl sites for hydroxylation is 2. The van der Waals surface area contributed by atoms with Gasteiger partial charge in [-0.2, -0.15) is 0 Å². The van der Waals surface area contributed by atoms with Gasteiger partial charge in [0.2, 0.25) is 5.91 Å². The monoisotopic (exact) mass is 345 g/mol. The molecule has 0 aromatic heterocycles. The van der Waals surface area contributed by atoms with Crippen molar-refractivity contribution in [3.63, 3.8) is 0 Å². The summed E-state index contributed by atoms with van der Waals surface area (Å²) in [5.41, 5.74) is 3.41. The van der Waals surface area contributed by atoms with Gasteiger partial charge in [-0.05, 0) is 38.1 Å². The van der Waals surface area contributed by atoms with Crippen LogP contribution in [-0.2, 0) is 4.79 Å². The Balaban J connectivity index is 1.81. The Kier molecular flexibility index (Phi) is 7.17. The summed E-state index contributed by atoms with van der Waals surface area (Å²) in [7, 11) is 3.85. The molecule has 1 heterocycles. The topological polar surface area (TPSA) is 47.0 Å². The Morgan fingerprint density at radius 2 is 1.96 bits per heavy atom. The number of rotatable bonds is 6. The van der Waals surface area contributed by atoms with Gasteiger partial charge in [0.1, 0.15) is 0 Å². The fraction of sp³-hybridized carbons (Fsp3) is 0.550. The SMILES string of the molecule is Cc1ccc(/C=C/C(=O)N(C)CC(O)CN2CCN(C)CC2)c(C)c1. The van der Waals surface area contributed by atoms with Crippen molar-refractivity contribution in [2.24, 2.45) is 0 Å². The van der Waals surface area contributed by atoms with Crippen LogP contribution in [0.5, 0.6) is 0 Å². The first-order chi connectivity index (χ1) is 11.8. The molecule has 138 valence electrons. The van der Waals surface area contributed by atoms with E-state index in [1.807, 2.05) is 25.1 Å². The summed E-state index contributed by atoms with van der Waals surface area (Å²) in [6, 6.07) is 6.17. The Morgan fingerprint density at radius 3 is 2.60 bits per heavy atom. The molecule has 0 radical (unpaired) electrons. The summed E-state index contributed by atoms with van der Waals surface area (Å²) < 4.78 is 0. The molecule has 1 aromatic rings. The van der Waals surface area contributed by atoms with Crippen LogP contribution in [0.25, 0.3) is 6.08 Å². The van der Waals surface area contributed by atoms with Gasteiger partial charge in [-0.15, -0.1) is 0 Å². The fourth-order valence-electron chi connectivity index (χ4n) is 3.09. The summed E-state index contributed by atoms with van der Waals surface area (Å²) in [5, 5.41) is 10.3. The Bertz CT molecular complexity index is 607. The maximum absolute atomic E-state index is 12.3. The van der Waals surface area contributed by atoms with Crippen LogP contribution in [-0.4, -0.2) is 85.2 Å². The first-order valence-corrected chi connectivity index (χ1v) is 8.94. The maximum atomic E-state index is 12.3. The fourth-order valence-corrected chi connectivity index (χ4v) is 3.09. The molecule has 2 rings (SSSR count). The molecular weight excluding hydrogens is 314 g/mol. The van der Waals surface area contributed by atoms with Gasteiger partial charge in [-0.25, -0.2) is 0 Å². The van der Waals surface area contributed by atoms with Gasteiger partial charge in [0.05, 0.1) is 6.10 Å². The van der Waals surface area contributed by atoms with Gasteiger partial charge in [-0.3, -0.25) is 9.69 Å². The molecule has 25 heavy (non-hydrogen) atoms. The first kappa shape index (κ1) is 19.6. The summed E-state index contributed by atoms with van der Waals surface area (Å²) >= 11 is 0. The predicted molar refractivity (Wildman–Crippen MR) is 103 cm³/mol. The molecule has 1 unspecified atom stereocenters. The average Bonchev–Trinajstić information content (AvgIpc) is 2.55. The summed E-state index contributed by atoms with van der Waals surface area (Å²) in [6.45, 7) is 9.06. The Hall–Kier alpha value is -1.69. The van der Waals surface area contributed by atoms with Crippen molar-refractivity contribution in [2.75, 3.05) is 53.4 Å². The highest BCUT2D eigenvalue weighted by Crippen LogP contribution is 2.12. The molecular formula is C20H31N3O2. The van der Waals surface area contributed by atoms with E-state index in [-0.39, 0.29) is 5.91 Å². The predicted octanol–water partition coefficient (Wildman–Crippen LogP) is 1.38. The standard InChI is InChI=1S/C20H31N3O2/c1-16-5-6-18(17(2)13-16)7-8-20(25)22(4)14-19(24)15-23-11-9-21(3)10-12-23/h5-8,13,19,24H,9-12,14-15H2,1-4H3/b8-7+. The highest BCUT2D eigenvalue weighted by atomic mass is 16.3. The van der Waals surface area contributed by atoms with Gasteiger partial charge >= 0.3 is 0 Å². The zero-order chi connectivity index (χ0) is 18.4. The lowest BCUT2D eigenvalue weighted by atomic mass is 10.1. The molecule has 1 saturated heterocycles. The minimum absolute atomic E-state index is 0.0857. The summed E-state index contributed by atoms with van der Waals surface area (Å²) in [4.78, 5) is 18.4. The maximum Gasteiger partial charge on any atom is 0.246 e. The number of aliphatic hydroxyl groups is 1. The molecule has 1 amide bonds. The third-order valence-electron chi connectivity index (χ3n) is 4.76. The number of aliphatic hydroxyl groups excluding tert-OH is 1. The largest absolute Gasteiger partial charge is 0.390 e. The van der Waals surface area contributed by atoms with Crippen molar-refractivity contribution in [3.05, 3.63) is 41.0 Å². The molecule has 5 heteroatoms. The molecule has 0 saturated carbocycles. The third-order valence-corrected chi connectivity index (χ3v) is 4.76. The zero-order valence-corrected chi connectivity index (χ0v) is 15.9. The normalized spacial score (nSPS) is 17.8. The van der Waals surface area contributed by atoms with Crippen molar-refractivity contribution in [3.8, 4) is 0 Å². The number of likely N-dealkylation sites (N-methyl/N-ethyl adjacent to an activating group) is 2. The minimum Gasteiger partial charge on any atom is -0.390 e. The van der Waals surface area contributed by atoms with Crippen LogP contribution < -0.4 is 0 Å². The van der Waals surface area contributed by atoms with Crippen LogP contribution >= 0.6 is 0 Å². The molecule has 0 spiro atoms. The van der Waals surface area contributed by atoms with Gasteiger partial charge in [-0.1, -0.05) is 23.8 Å². The molecule has 1 aliphatic heterocycles. The van der Waals surface area contributed by atoms with Crippen molar-refractivity contribution < 1.29 is 9.90 Å². The van der Waals surface area contributed by atoms with Crippen molar-refractivity contribution in [1.29, 1.82) is 0 Å². The number of carbonyl (C=O) groups excluding carboxylic acids is 1. The Morgan fingerprint density at radius 1 is 1.28 bits per heavy atom. The summed E-state index contributed by atoms with van der Waals surface area (Å²) in [5.74, 6) is -0.0857. The number of β-amino-alcohol motifs (C(OH)–C–C–N with tert-alkyl or cyclic N) is 1. The van der Waals surface area contributed by atoms with E-state index in [1.165, 1.54) is 5.56 Å². The van der Waals surface area contributed by atoms with Crippen LogP contribution in [0.2, 0.25) is 0 Å². The van der Waals surface area contributed by atoms with Gasteiger partial charge in [0.25, 0.3) is 0 Å². The van der Waals surface area contributed by atoms with E-state index < -0.39 is 6.10 Å². The number of hydrogen-bond acceptors (Lipinski definition) is 4. The minimum atomic E-state index is -0.521. The smallest absolute Gasteiger partial charge is 0.246 e. The second-order valence-electron chi connectivity index (χ2n) is 7.17. The molecule has 0 aliphatic carbocycles. The highest BCUT2D eigenvalue weighted by molar-refractivity contribution is 5.91. The molecule has 0 bridgehead atoms. The number of nitrogens with zero attached hydrogens (tertiary/aromatic N) is 3. The highest BCUT2D eigenvalue weighted by Gasteiger charge is 2.18. The van der Waals surface area contributed by atoms with Crippen LogP contribution in [0, 0.1) is 13.8 Å². The third kappa shape index (κ3) is 6.27. The second-order valence-corrected chi connectivity index (χ2v) is 7.17. The van der Waals surface area contributed by atoms with Crippen molar-refractivity contribution in [2.45, 2.75) is 20.0 Å². The number of amides is 1. The second kappa shape index (κ2) is 9.13. The molecule has 1 aliphatic rings. The number of hydrogen-bond donors (Lipinski definition) is 1. The quantitative estimate of drug-likeness (QED) is 0.792. The van der Waals surface area contributed by atoms with Crippen molar-refractivity contribution >= 4 is 12.0 Å². The van der Waals surface area contributed by atoms with Crippen LogP contribution in [0.4, 0.5) is 0 Å². The van der Waals surface area contributed by atoms with E-state index in [2.05, 4.69) is 29.8 Å². The molecule has 1 atom stereocenters. The van der Waals surface area contributed by atoms with E-state index >= 15 is 0 Å². The van der Waals surface area contributed by atoms with Crippen molar-refractivity contribution in [1.82, 2.24) is 14.7 Å². The van der Waals surface area contributed by atoms with E-state index in [1.54, 1.807) is 18.0 Å². The number of benzene rings is 1. The van der Waals surface area contributed by atoms with E-state index in [0.29, 0.717) is 13.1 Å². The molecule has 1 fully saturated rings. The van der Waals surface area contributed by atoms with Crippen LogP contribution in [0.1, 0.15) is 16.7 Å². The van der Waals surface area contributed by atoms with Gasteiger partial charge in [0.15, 0.2) is 0 Å². The molecule has 1 aromatic carbocycles. The van der Waals surface area contributed by atoms with Crippen LogP contribution in [0.3, 0.4) is 0 Å². The van der Waals surface area contributed by atoms with E-state index in [4.69, 9.17) is 0 Å². The average molecular weight is 345 g/mol. The number of piperazine rings is 1. The van der Waals surface area contributed by atoms with Gasteiger partial charge in [0, 0.05) is 52.4 Å². The number of carbonyl (C=O) groups is 1. The summed E-state index contributed by atoms with van der Waals surface area (Å²) in [6.07, 6.45) is 2.91.